The first kappa shape index (κ1) is 19.8. The molecule has 0 radical (unpaired) electrons. The monoisotopic (exact) mass is 453 g/mol. The first-order valence-corrected chi connectivity index (χ1v) is 8.84. The van der Waals surface area contributed by atoms with Gasteiger partial charge in [0.1, 0.15) is 0 Å². The summed E-state index contributed by atoms with van der Waals surface area (Å²) in [6.07, 6.45) is 12.2. The maximum atomic E-state index is 4.36. The highest BCUT2D eigenvalue weighted by atomic mass is 127. The Bertz CT molecular complexity index is 648. The van der Waals surface area contributed by atoms with Gasteiger partial charge < -0.3 is 15.2 Å². The summed E-state index contributed by atoms with van der Waals surface area (Å²) in [5, 5.41) is 6.99. The average molecular weight is 453 g/mol. The van der Waals surface area contributed by atoms with Crippen molar-refractivity contribution in [1.82, 2.24) is 20.2 Å². The van der Waals surface area contributed by atoms with Crippen molar-refractivity contribution < 1.29 is 0 Å². The maximum absolute atomic E-state index is 4.36. The fourth-order valence-electron chi connectivity index (χ4n) is 3.25. The molecule has 0 amide bonds. The van der Waals surface area contributed by atoms with Crippen LogP contribution < -0.4 is 10.6 Å². The highest BCUT2D eigenvalue weighted by Gasteiger charge is 2.14. The highest BCUT2D eigenvalue weighted by molar-refractivity contribution is 14.0. The molecule has 1 aliphatic carbocycles. The number of benzene rings is 1. The summed E-state index contributed by atoms with van der Waals surface area (Å²) >= 11 is 0. The predicted octanol–water partition coefficient (Wildman–Crippen LogP) is 3.55. The van der Waals surface area contributed by atoms with Gasteiger partial charge in [0.2, 0.25) is 0 Å². The molecule has 2 N–H and O–H groups in total. The first-order valence-electron chi connectivity index (χ1n) is 8.84. The Labute approximate surface area is 167 Å². The Balaban J connectivity index is 0.00000225. The Morgan fingerprint density at radius 2 is 2.04 bits per heavy atom. The van der Waals surface area contributed by atoms with Crippen LogP contribution in [0.15, 0.2) is 48.0 Å². The zero-order valence-corrected chi connectivity index (χ0v) is 17.1. The van der Waals surface area contributed by atoms with Crippen LogP contribution in [0.2, 0.25) is 0 Å². The lowest BCUT2D eigenvalue weighted by molar-refractivity contribution is 0.410. The topological polar surface area (TPSA) is 54.2 Å². The molecule has 1 heterocycles. The van der Waals surface area contributed by atoms with E-state index in [0.717, 1.165) is 19.0 Å². The van der Waals surface area contributed by atoms with Gasteiger partial charge in [0.15, 0.2) is 5.96 Å². The molecule has 1 aromatic carbocycles. The Hall–Kier alpha value is -1.57. The van der Waals surface area contributed by atoms with Gasteiger partial charge in [-0.15, -0.1) is 24.0 Å². The number of rotatable bonds is 5. The van der Waals surface area contributed by atoms with Crippen LogP contribution in [-0.2, 0) is 13.1 Å². The number of hydrogen-bond donors (Lipinski definition) is 2. The minimum atomic E-state index is 0. The van der Waals surface area contributed by atoms with Gasteiger partial charge in [-0.1, -0.05) is 43.5 Å². The second-order valence-corrected chi connectivity index (χ2v) is 6.46. The van der Waals surface area contributed by atoms with Gasteiger partial charge in [-0.05, 0) is 24.0 Å². The van der Waals surface area contributed by atoms with Crippen LogP contribution in [0, 0.1) is 0 Å². The molecule has 0 saturated heterocycles. The smallest absolute Gasteiger partial charge is 0.191 e. The highest BCUT2D eigenvalue weighted by Crippen LogP contribution is 2.17. The minimum absolute atomic E-state index is 0. The van der Waals surface area contributed by atoms with E-state index in [-0.39, 0.29) is 24.0 Å². The normalized spacial score (nSPS) is 15.5. The zero-order valence-electron chi connectivity index (χ0n) is 14.8. The molecule has 0 unspecified atom stereocenters. The molecule has 2 aromatic rings. The van der Waals surface area contributed by atoms with E-state index in [2.05, 4.69) is 49.4 Å². The van der Waals surface area contributed by atoms with Crippen molar-refractivity contribution in [1.29, 1.82) is 0 Å². The molecule has 1 fully saturated rings. The van der Waals surface area contributed by atoms with Crippen molar-refractivity contribution in [2.75, 3.05) is 7.05 Å². The van der Waals surface area contributed by atoms with Crippen LogP contribution in [0.3, 0.4) is 0 Å². The number of imidazole rings is 1. The zero-order chi connectivity index (χ0) is 16.6. The number of hydrogen-bond acceptors (Lipinski definition) is 2. The third-order valence-corrected chi connectivity index (χ3v) is 4.55. The molecule has 0 bridgehead atoms. The minimum Gasteiger partial charge on any atom is -0.354 e. The molecule has 6 heteroatoms. The molecule has 1 aromatic heterocycles. The van der Waals surface area contributed by atoms with Gasteiger partial charge in [0.25, 0.3) is 0 Å². The summed E-state index contributed by atoms with van der Waals surface area (Å²) in [6.45, 7) is 1.63. The Kier molecular flexibility index (Phi) is 8.24. The average Bonchev–Trinajstić information content (AvgIpc) is 3.13. The largest absolute Gasteiger partial charge is 0.354 e. The van der Waals surface area contributed by atoms with Crippen molar-refractivity contribution in [2.45, 2.75) is 51.2 Å². The van der Waals surface area contributed by atoms with Crippen LogP contribution in [0.5, 0.6) is 0 Å². The van der Waals surface area contributed by atoms with Gasteiger partial charge in [0.05, 0.1) is 6.33 Å². The van der Waals surface area contributed by atoms with Crippen LogP contribution >= 0.6 is 24.0 Å². The molecule has 0 spiro atoms. The van der Waals surface area contributed by atoms with Gasteiger partial charge in [0, 0.05) is 38.6 Å². The summed E-state index contributed by atoms with van der Waals surface area (Å²) in [4.78, 5) is 8.46. The van der Waals surface area contributed by atoms with Crippen LogP contribution in [0.25, 0.3) is 0 Å². The van der Waals surface area contributed by atoms with E-state index >= 15 is 0 Å². The van der Waals surface area contributed by atoms with Gasteiger partial charge in [-0.2, -0.15) is 0 Å². The van der Waals surface area contributed by atoms with E-state index in [1.54, 1.807) is 0 Å². The Morgan fingerprint density at radius 3 is 2.76 bits per heavy atom. The van der Waals surface area contributed by atoms with E-state index in [1.807, 2.05) is 25.8 Å². The lowest BCUT2D eigenvalue weighted by Crippen LogP contribution is -2.43. The molecular weight excluding hydrogens is 425 g/mol. The number of nitrogens with zero attached hydrogens (tertiary/aromatic N) is 3. The number of nitrogens with one attached hydrogen (secondary N) is 2. The number of aromatic nitrogens is 2. The molecular formula is C19H28IN5. The van der Waals surface area contributed by atoms with Crippen molar-refractivity contribution in [3.63, 3.8) is 0 Å². The van der Waals surface area contributed by atoms with E-state index < -0.39 is 0 Å². The molecule has 3 rings (SSSR count). The molecule has 1 saturated carbocycles. The fraction of sp³-hybridized carbons (Fsp3) is 0.474. The van der Waals surface area contributed by atoms with E-state index in [1.165, 1.54) is 43.2 Å². The third kappa shape index (κ3) is 6.34. The third-order valence-electron chi connectivity index (χ3n) is 4.55. The standard InChI is InChI=1S/C19H27N5.HI/c1-20-19(23-18-8-3-2-4-9-18)22-13-16-6-5-7-17(12-16)14-24-11-10-21-15-24;/h5-7,10-12,15,18H,2-4,8-9,13-14H2,1H3,(H2,20,22,23);1H. The summed E-state index contributed by atoms with van der Waals surface area (Å²) in [5.74, 6) is 0.905. The summed E-state index contributed by atoms with van der Waals surface area (Å²) in [7, 11) is 1.84. The molecule has 5 nitrogen and oxygen atoms in total. The van der Waals surface area contributed by atoms with Crippen molar-refractivity contribution >= 4 is 29.9 Å². The molecule has 0 atom stereocenters. The van der Waals surface area contributed by atoms with Crippen LogP contribution in [-0.4, -0.2) is 28.6 Å². The second-order valence-electron chi connectivity index (χ2n) is 6.46. The second kappa shape index (κ2) is 10.4. The van der Waals surface area contributed by atoms with Crippen LogP contribution in [0.1, 0.15) is 43.2 Å². The summed E-state index contributed by atoms with van der Waals surface area (Å²) in [6, 6.07) is 9.22. The van der Waals surface area contributed by atoms with Crippen molar-refractivity contribution in [3.8, 4) is 0 Å². The lowest BCUT2D eigenvalue weighted by atomic mass is 9.96. The lowest BCUT2D eigenvalue weighted by Gasteiger charge is -2.25. The predicted molar refractivity (Wildman–Crippen MR) is 113 cm³/mol. The van der Waals surface area contributed by atoms with Gasteiger partial charge in [-0.25, -0.2) is 4.98 Å². The first-order chi connectivity index (χ1) is 11.8. The summed E-state index contributed by atoms with van der Waals surface area (Å²) in [5.41, 5.74) is 2.54. The fourth-order valence-corrected chi connectivity index (χ4v) is 3.25. The van der Waals surface area contributed by atoms with Gasteiger partial charge >= 0.3 is 0 Å². The number of aliphatic imine (C=N–C) groups is 1. The summed E-state index contributed by atoms with van der Waals surface area (Å²) < 4.78 is 2.08. The molecule has 0 aliphatic heterocycles. The van der Waals surface area contributed by atoms with E-state index in [4.69, 9.17) is 0 Å². The molecule has 1 aliphatic rings. The van der Waals surface area contributed by atoms with Crippen molar-refractivity contribution in [2.24, 2.45) is 4.99 Å². The maximum Gasteiger partial charge on any atom is 0.191 e. The molecule has 25 heavy (non-hydrogen) atoms. The quantitative estimate of drug-likeness (QED) is 0.414. The van der Waals surface area contributed by atoms with E-state index in [0.29, 0.717) is 6.04 Å². The number of guanidine groups is 1. The van der Waals surface area contributed by atoms with Gasteiger partial charge in [-0.3, -0.25) is 4.99 Å². The Morgan fingerprint density at radius 1 is 1.24 bits per heavy atom. The van der Waals surface area contributed by atoms with E-state index in [9.17, 15) is 0 Å². The SMILES string of the molecule is CN=C(NCc1cccc(Cn2ccnc2)c1)NC1CCCCC1.I. The molecule has 136 valence electrons. The number of halogens is 1. The van der Waals surface area contributed by atoms with Crippen LogP contribution in [0.4, 0.5) is 0 Å². The van der Waals surface area contributed by atoms with Crippen molar-refractivity contribution in [3.05, 3.63) is 54.1 Å².